The van der Waals surface area contributed by atoms with Gasteiger partial charge in [0.2, 0.25) is 5.75 Å². The maximum atomic E-state index is 12.5. The van der Waals surface area contributed by atoms with Gasteiger partial charge < -0.3 is 34.7 Å². The molecule has 0 unspecified atom stereocenters. The fourth-order valence-electron chi connectivity index (χ4n) is 5.28. The standard InChI is InChI=1S/C25H30N4O5.2ClH/c1-28-8-6-16(7-9-28)26-13-17-10-15-11-19-14(12-20(15)29(17)2)4-3-5-18-21(19)27-24(31)23(22(18)30)34-25(32)33;;/h10-12,16,26H,3-9,13H2,1-2H3,(H,32,33)(H2,27,30,31);2*1H. The third kappa shape index (κ3) is 5.20. The number of halogens is 2. The number of piperidine rings is 1. The topological polar surface area (TPSA) is 120 Å². The third-order valence-corrected chi connectivity index (χ3v) is 7.24. The van der Waals surface area contributed by atoms with Gasteiger partial charge in [-0.1, -0.05) is 0 Å². The number of carboxylic acid groups (broad SMARTS) is 1. The fraction of sp³-hybridized carbons (Fsp3) is 0.440. The molecule has 1 aromatic carbocycles. The number of hydrogen-bond donors (Lipinski definition) is 4. The number of H-pyrrole nitrogens is 1. The van der Waals surface area contributed by atoms with Crippen LogP contribution in [0, 0.1) is 0 Å². The number of benzene rings is 1. The van der Waals surface area contributed by atoms with Crippen molar-refractivity contribution in [3.63, 3.8) is 0 Å². The summed E-state index contributed by atoms with van der Waals surface area (Å²) in [4.78, 5) is 28.6. The van der Waals surface area contributed by atoms with Crippen LogP contribution in [0.3, 0.4) is 0 Å². The summed E-state index contributed by atoms with van der Waals surface area (Å²) < 4.78 is 6.77. The number of nitrogens with zero attached hydrogens (tertiary/aromatic N) is 2. The summed E-state index contributed by atoms with van der Waals surface area (Å²) >= 11 is 0. The number of pyridine rings is 1. The number of fused-ring (bicyclic) bond motifs is 4. The molecule has 2 aliphatic rings. The Morgan fingerprint density at radius 2 is 1.89 bits per heavy atom. The Bertz CT molecular complexity index is 1330. The molecule has 36 heavy (non-hydrogen) atoms. The van der Waals surface area contributed by atoms with Crippen LogP contribution in [0.1, 0.15) is 36.1 Å². The maximum absolute atomic E-state index is 12.5. The van der Waals surface area contributed by atoms with E-state index < -0.39 is 23.2 Å². The number of aromatic hydroxyl groups is 1. The number of aromatic amines is 1. The summed E-state index contributed by atoms with van der Waals surface area (Å²) in [6, 6.07) is 6.91. The van der Waals surface area contributed by atoms with Gasteiger partial charge in [-0.15, -0.1) is 24.8 Å². The zero-order valence-electron chi connectivity index (χ0n) is 20.3. The van der Waals surface area contributed by atoms with Gasteiger partial charge in [-0.05, 0) is 76.0 Å². The van der Waals surface area contributed by atoms with Gasteiger partial charge in [-0.2, -0.15) is 0 Å². The molecule has 1 aliphatic carbocycles. The van der Waals surface area contributed by atoms with Crippen LogP contribution in [0.15, 0.2) is 23.0 Å². The van der Waals surface area contributed by atoms with Gasteiger partial charge in [-0.3, -0.25) is 4.79 Å². The zero-order valence-corrected chi connectivity index (χ0v) is 21.9. The van der Waals surface area contributed by atoms with Crippen LogP contribution in [0.4, 0.5) is 4.79 Å². The molecule has 196 valence electrons. The predicted molar refractivity (Wildman–Crippen MR) is 143 cm³/mol. The highest BCUT2D eigenvalue weighted by Crippen LogP contribution is 2.40. The summed E-state index contributed by atoms with van der Waals surface area (Å²) in [7, 11) is 4.24. The van der Waals surface area contributed by atoms with Crippen LogP contribution in [-0.2, 0) is 26.4 Å². The first-order chi connectivity index (χ1) is 16.3. The van der Waals surface area contributed by atoms with E-state index in [0.717, 1.165) is 67.3 Å². The molecule has 1 saturated heterocycles. The second-order valence-electron chi connectivity index (χ2n) is 9.43. The number of rotatable bonds is 4. The highest BCUT2D eigenvalue weighted by molar-refractivity contribution is 5.89. The van der Waals surface area contributed by atoms with Crippen molar-refractivity contribution in [1.82, 2.24) is 19.8 Å². The molecule has 4 N–H and O–H groups in total. The van der Waals surface area contributed by atoms with E-state index >= 15 is 0 Å². The summed E-state index contributed by atoms with van der Waals surface area (Å²) in [6.45, 7) is 3.01. The van der Waals surface area contributed by atoms with Crippen molar-refractivity contribution in [2.24, 2.45) is 7.05 Å². The minimum Gasteiger partial charge on any atom is -0.504 e. The molecule has 0 atom stereocenters. The quantitative estimate of drug-likeness (QED) is 0.372. The van der Waals surface area contributed by atoms with E-state index in [1.807, 2.05) is 0 Å². The first-order valence-corrected chi connectivity index (χ1v) is 11.7. The minimum absolute atomic E-state index is 0. The highest BCUT2D eigenvalue weighted by atomic mass is 35.5. The number of hydrogen-bond acceptors (Lipinski definition) is 6. The summed E-state index contributed by atoms with van der Waals surface area (Å²) in [5.41, 5.74) is 4.54. The number of aryl methyl sites for hydroxylation is 2. The monoisotopic (exact) mass is 538 g/mol. The predicted octanol–water partition coefficient (Wildman–Crippen LogP) is 3.81. The van der Waals surface area contributed by atoms with Crippen molar-refractivity contribution in [3.05, 3.63) is 45.4 Å². The van der Waals surface area contributed by atoms with Crippen LogP contribution in [0.2, 0.25) is 0 Å². The van der Waals surface area contributed by atoms with Crippen LogP contribution in [0.5, 0.6) is 11.5 Å². The lowest BCUT2D eigenvalue weighted by atomic mass is 9.99. The summed E-state index contributed by atoms with van der Waals surface area (Å²) in [5, 5.41) is 24.3. The number of likely N-dealkylation sites (tertiary alicyclic amines) is 1. The Morgan fingerprint density at radius 1 is 1.17 bits per heavy atom. The van der Waals surface area contributed by atoms with Gasteiger partial charge >= 0.3 is 6.16 Å². The molecular weight excluding hydrogens is 507 g/mol. The van der Waals surface area contributed by atoms with Gasteiger partial charge in [0.05, 0.1) is 5.69 Å². The van der Waals surface area contributed by atoms with Crippen LogP contribution in [0.25, 0.3) is 22.2 Å². The van der Waals surface area contributed by atoms with E-state index in [1.165, 1.54) is 5.69 Å². The second kappa shape index (κ2) is 11.1. The van der Waals surface area contributed by atoms with Crippen molar-refractivity contribution in [2.75, 3.05) is 20.1 Å². The minimum atomic E-state index is -1.64. The van der Waals surface area contributed by atoms with Crippen LogP contribution >= 0.6 is 24.8 Å². The van der Waals surface area contributed by atoms with Crippen molar-refractivity contribution in [2.45, 2.75) is 44.7 Å². The average Bonchev–Trinajstić information content (AvgIpc) is 2.99. The second-order valence-corrected chi connectivity index (χ2v) is 9.43. The third-order valence-electron chi connectivity index (χ3n) is 7.24. The van der Waals surface area contributed by atoms with E-state index in [-0.39, 0.29) is 24.8 Å². The average molecular weight is 539 g/mol. The van der Waals surface area contributed by atoms with E-state index in [1.54, 1.807) is 0 Å². The van der Waals surface area contributed by atoms with Gasteiger partial charge in [0.15, 0.2) is 5.75 Å². The molecular formula is C25H32Cl2N4O5. The van der Waals surface area contributed by atoms with Crippen LogP contribution < -0.4 is 15.6 Å². The molecule has 0 amide bonds. The largest absolute Gasteiger partial charge is 0.511 e. The molecule has 0 saturated carbocycles. The molecule has 11 heteroatoms. The lowest BCUT2D eigenvalue weighted by Crippen LogP contribution is -2.40. The highest BCUT2D eigenvalue weighted by Gasteiger charge is 2.25. The maximum Gasteiger partial charge on any atom is 0.511 e. The number of nitrogens with one attached hydrogen (secondary N) is 2. The first-order valence-electron chi connectivity index (χ1n) is 11.7. The zero-order chi connectivity index (χ0) is 24.0. The van der Waals surface area contributed by atoms with Crippen molar-refractivity contribution in [3.8, 4) is 22.8 Å². The van der Waals surface area contributed by atoms with Gasteiger partial charge in [0, 0.05) is 47.4 Å². The van der Waals surface area contributed by atoms with Gasteiger partial charge in [-0.25, -0.2) is 4.79 Å². The van der Waals surface area contributed by atoms with Crippen LogP contribution in [-0.4, -0.2) is 57.0 Å². The SMILES string of the molecule is CN1CCC(NCc2cc3cc4c(cc3n2C)CCCc2c-4[nH]c(=O)c(OC(=O)O)c2O)CC1.Cl.Cl. The molecule has 2 aromatic heterocycles. The lowest BCUT2D eigenvalue weighted by molar-refractivity contribution is 0.142. The molecule has 3 aromatic rings. The fourth-order valence-corrected chi connectivity index (χ4v) is 5.28. The smallest absolute Gasteiger partial charge is 0.504 e. The van der Waals surface area contributed by atoms with Crippen molar-refractivity contribution < 1.29 is 19.7 Å². The molecule has 0 radical (unpaired) electrons. The molecule has 1 fully saturated rings. The normalized spacial score (nSPS) is 15.8. The van der Waals surface area contributed by atoms with Crippen molar-refractivity contribution >= 4 is 41.9 Å². The Morgan fingerprint density at radius 3 is 2.58 bits per heavy atom. The molecule has 9 nitrogen and oxygen atoms in total. The molecule has 1 aliphatic heterocycles. The number of ether oxygens (including phenoxy) is 1. The Hall–Kier alpha value is -2.72. The number of carbonyl (C=O) groups is 1. The van der Waals surface area contributed by atoms with Gasteiger partial charge in [0.25, 0.3) is 5.56 Å². The Labute approximate surface area is 221 Å². The van der Waals surface area contributed by atoms with E-state index in [9.17, 15) is 14.7 Å². The Kier molecular flexibility index (Phi) is 8.61. The lowest BCUT2D eigenvalue weighted by Gasteiger charge is -2.29. The molecule has 0 bridgehead atoms. The van der Waals surface area contributed by atoms with Crippen molar-refractivity contribution in [1.29, 1.82) is 0 Å². The first kappa shape index (κ1) is 27.9. The molecule has 5 rings (SSSR count). The van der Waals surface area contributed by atoms with Gasteiger partial charge in [0.1, 0.15) is 0 Å². The molecule has 0 spiro atoms. The summed E-state index contributed by atoms with van der Waals surface area (Å²) in [5.74, 6) is -0.970. The molecule has 3 heterocycles. The van der Waals surface area contributed by atoms with E-state index in [0.29, 0.717) is 23.7 Å². The van der Waals surface area contributed by atoms with E-state index in [2.05, 4.69) is 56.8 Å². The number of aromatic nitrogens is 2. The van der Waals surface area contributed by atoms with E-state index in [4.69, 9.17) is 5.11 Å². The Balaban J connectivity index is 0.00000180. The summed E-state index contributed by atoms with van der Waals surface area (Å²) in [6.07, 6.45) is 2.70.